The van der Waals surface area contributed by atoms with E-state index in [-0.39, 0.29) is 11.3 Å². The molecule has 0 aromatic heterocycles. The van der Waals surface area contributed by atoms with Gasteiger partial charge in [-0.25, -0.2) is 4.39 Å². The zero-order valence-corrected chi connectivity index (χ0v) is 9.29. The lowest BCUT2D eigenvalue weighted by atomic mass is 10.1. The van der Waals surface area contributed by atoms with Crippen LogP contribution < -0.4 is 10.2 Å². The molecule has 1 fully saturated rings. The van der Waals surface area contributed by atoms with Crippen molar-refractivity contribution in [2.24, 2.45) is 0 Å². The Morgan fingerprint density at radius 1 is 1.38 bits per heavy atom. The summed E-state index contributed by atoms with van der Waals surface area (Å²) in [6.07, 6.45) is 0. The molecule has 0 aliphatic carbocycles. The van der Waals surface area contributed by atoms with Crippen molar-refractivity contribution in [3.63, 3.8) is 0 Å². The molecule has 86 valence electrons. The number of rotatable bonds is 2. The molecule has 2 rings (SSSR count). The number of Topliss-reactive ketones (excluding diaryl/α,β-unsaturated/α-hetero) is 1. The molecule has 1 saturated heterocycles. The van der Waals surface area contributed by atoms with Crippen molar-refractivity contribution < 1.29 is 9.18 Å². The first-order chi connectivity index (χ1) is 7.70. The number of nitrogens with one attached hydrogen (secondary N) is 1. The number of hydrogen-bond donors (Lipinski definition) is 1. The Hall–Kier alpha value is -1.42. The highest BCUT2D eigenvalue weighted by Crippen LogP contribution is 2.24. The molecule has 0 atom stereocenters. The Kier molecular flexibility index (Phi) is 3.19. The number of anilines is 1. The highest BCUT2D eigenvalue weighted by Gasteiger charge is 2.19. The summed E-state index contributed by atoms with van der Waals surface area (Å²) in [5.74, 6) is -0.643. The van der Waals surface area contributed by atoms with Crippen LogP contribution in [0, 0.1) is 5.82 Å². The van der Waals surface area contributed by atoms with Gasteiger partial charge in [-0.05, 0) is 19.1 Å². The number of piperazine rings is 1. The topological polar surface area (TPSA) is 32.3 Å². The molecule has 0 saturated carbocycles. The van der Waals surface area contributed by atoms with Crippen LogP contribution in [0.2, 0.25) is 0 Å². The summed E-state index contributed by atoms with van der Waals surface area (Å²) in [4.78, 5) is 13.5. The fraction of sp³-hybridized carbons (Fsp3) is 0.417. The maximum Gasteiger partial charge on any atom is 0.164 e. The van der Waals surface area contributed by atoms with E-state index in [0.29, 0.717) is 5.69 Å². The van der Waals surface area contributed by atoms with Crippen LogP contribution in [-0.4, -0.2) is 32.0 Å². The van der Waals surface area contributed by atoms with Gasteiger partial charge in [0.05, 0.1) is 11.3 Å². The van der Waals surface area contributed by atoms with Crippen LogP contribution in [0.5, 0.6) is 0 Å². The maximum atomic E-state index is 13.6. The second kappa shape index (κ2) is 4.61. The molecule has 1 N–H and O–H groups in total. The summed E-state index contributed by atoms with van der Waals surface area (Å²) in [6, 6.07) is 4.80. The summed E-state index contributed by atoms with van der Waals surface area (Å²) in [7, 11) is 0. The predicted octanol–water partition coefficient (Wildman–Crippen LogP) is 1.44. The van der Waals surface area contributed by atoms with Gasteiger partial charge in [-0.15, -0.1) is 0 Å². The van der Waals surface area contributed by atoms with E-state index < -0.39 is 5.82 Å². The van der Waals surface area contributed by atoms with Crippen molar-refractivity contribution in [1.29, 1.82) is 0 Å². The first-order valence-corrected chi connectivity index (χ1v) is 5.45. The Bertz CT molecular complexity index is 400. The number of nitrogens with zero attached hydrogens (tertiary/aromatic N) is 1. The molecule has 0 amide bonds. The van der Waals surface area contributed by atoms with Gasteiger partial charge in [0.15, 0.2) is 5.78 Å². The molecule has 4 heteroatoms. The van der Waals surface area contributed by atoms with Crippen LogP contribution in [0.1, 0.15) is 17.3 Å². The highest BCUT2D eigenvalue weighted by atomic mass is 19.1. The van der Waals surface area contributed by atoms with E-state index in [9.17, 15) is 9.18 Å². The van der Waals surface area contributed by atoms with Crippen molar-refractivity contribution in [2.45, 2.75) is 6.92 Å². The molecule has 1 aliphatic rings. The van der Waals surface area contributed by atoms with E-state index in [1.165, 1.54) is 13.0 Å². The summed E-state index contributed by atoms with van der Waals surface area (Å²) in [5.41, 5.74) is 0.929. The lowest BCUT2D eigenvalue weighted by Gasteiger charge is -2.30. The Morgan fingerprint density at radius 2 is 2.06 bits per heavy atom. The fourth-order valence-corrected chi connectivity index (χ4v) is 2.03. The van der Waals surface area contributed by atoms with Gasteiger partial charge in [0, 0.05) is 26.2 Å². The molecule has 16 heavy (non-hydrogen) atoms. The SMILES string of the molecule is CC(=O)c1c(F)cccc1N1CCNCC1. The molecule has 1 heterocycles. The monoisotopic (exact) mass is 222 g/mol. The molecule has 0 unspecified atom stereocenters. The van der Waals surface area contributed by atoms with Gasteiger partial charge in [0.25, 0.3) is 0 Å². The van der Waals surface area contributed by atoms with Gasteiger partial charge in [0.1, 0.15) is 5.82 Å². The Labute approximate surface area is 94.3 Å². The standard InChI is InChI=1S/C12H15FN2O/c1-9(16)12-10(13)3-2-4-11(12)15-7-5-14-6-8-15/h2-4,14H,5-8H2,1H3. The molecule has 1 aromatic carbocycles. The third-order valence-corrected chi connectivity index (χ3v) is 2.80. The second-order valence-electron chi connectivity index (χ2n) is 3.93. The van der Waals surface area contributed by atoms with Crippen molar-refractivity contribution in [2.75, 3.05) is 31.1 Å². The summed E-state index contributed by atoms with van der Waals surface area (Å²) in [5, 5.41) is 3.23. The largest absolute Gasteiger partial charge is 0.368 e. The van der Waals surface area contributed by atoms with Gasteiger partial charge in [0.2, 0.25) is 0 Å². The van der Waals surface area contributed by atoms with Crippen molar-refractivity contribution in [1.82, 2.24) is 5.32 Å². The van der Waals surface area contributed by atoms with Gasteiger partial charge >= 0.3 is 0 Å². The van der Waals surface area contributed by atoms with Crippen LogP contribution in [0.15, 0.2) is 18.2 Å². The fourth-order valence-electron chi connectivity index (χ4n) is 2.03. The van der Waals surface area contributed by atoms with Crippen molar-refractivity contribution in [3.8, 4) is 0 Å². The number of ketones is 1. The number of halogens is 1. The number of carbonyl (C=O) groups excluding carboxylic acids is 1. The summed E-state index contributed by atoms with van der Waals surface area (Å²) in [6.45, 7) is 4.76. The molecular formula is C12H15FN2O. The third kappa shape index (κ3) is 2.07. The average Bonchev–Trinajstić information content (AvgIpc) is 2.29. The van der Waals surface area contributed by atoms with Gasteiger partial charge in [-0.3, -0.25) is 4.79 Å². The summed E-state index contributed by atoms with van der Waals surface area (Å²) >= 11 is 0. The molecule has 0 radical (unpaired) electrons. The van der Waals surface area contributed by atoms with E-state index in [1.54, 1.807) is 6.07 Å². The van der Waals surface area contributed by atoms with E-state index in [0.717, 1.165) is 26.2 Å². The van der Waals surface area contributed by atoms with Gasteiger partial charge in [-0.2, -0.15) is 0 Å². The van der Waals surface area contributed by atoms with Crippen LogP contribution in [-0.2, 0) is 0 Å². The minimum atomic E-state index is -0.427. The Morgan fingerprint density at radius 3 is 2.69 bits per heavy atom. The third-order valence-electron chi connectivity index (χ3n) is 2.80. The molecule has 0 bridgehead atoms. The zero-order valence-electron chi connectivity index (χ0n) is 9.29. The van der Waals surface area contributed by atoms with Crippen LogP contribution in [0.3, 0.4) is 0 Å². The second-order valence-corrected chi connectivity index (χ2v) is 3.93. The smallest absolute Gasteiger partial charge is 0.164 e. The number of benzene rings is 1. The number of carbonyl (C=O) groups is 1. The molecule has 0 spiro atoms. The van der Waals surface area contributed by atoms with Gasteiger partial charge < -0.3 is 10.2 Å². The number of hydrogen-bond acceptors (Lipinski definition) is 3. The first-order valence-electron chi connectivity index (χ1n) is 5.45. The van der Waals surface area contributed by atoms with Gasteiger partial charge in [-0.1, -0.05) is 6.07 Å². The lowest BCUT2D eigenvalue weighted by molar-refractivity contribution is 0.101. The lowest BCUT2D eigenvalue weighted by Crippen LogP contribution is -2.44. The molecule has 3 nitrogen and oxygen atoms in total. The average molecular weight is 222 g/mol. The molecule has 1 aliphatic heterocycles. The zero-order chi connectivity index (χ0) is 11.5. The van der Waals surface area contributed by atoms with Crippen LogP contribution in [0.4, 0.5) is 10.1 Å². The van der Waals surface area contributed by atoms with Crippen LogP contribution in [0.25, 0.3) is 0 Å². The van der Waals surface area contributed by atoms with E-state index in [1.807, 2.05) is 6.07 Å². The quantitative estimate of drug-likeness (QED) is 0.768. The van der Waals surface area contributed by atoms with Crippen molar-refractivity contribution >= 4 is 11.5 Å². The highest BCUT2D eigenvalue weighted by molar-refractivity contribution is 6.00. The minimum absolute atomic E-state index is 0.212. The molecular weight excluding hydrogens is 207 g/mol. The van der Waals surface area contributed by atoms with Crippen LogP contribution >= 0.6 is 0 Å². The van der Waals surface area contributed by atoms with E-state index in [4.69, 9.17) is 0 Å². The maximum absolute atomic E-state index is 13.6. The normalized spacial score (nSPS) is 16.2. The Balaban J connectivity index is 2.38. The first kappa shape index (κ1) is 11.1. The summed E-state index contributed by atoms with van der Waals surface area (Å²) < 4.78 is 13.6. The molecule has 1 aromatic rings. The predicted molar refractivity (Wildman–Crippen MR) is 61.5 cm³/mol. The van der Waals surface area contributed by atoms with E-state index in [2.05, 4.69) is 10.2 Å². The van der Waals surface area contributed by atoms with E-state index >= 15 is 0 Å². The minimum Gasteiger partial charge on any atom is -0.368 e. The van der Waals surface area contributed by atoms with Crippen molar-refractivity contribution in [3.05, 3.63) is 29.6 Å².